The Morgan fingerprint density at radius 1 is 1.17 bits per heavy atom. The van der Waals surface area contributed by atoms with Crippen LogP contribution in [-0.2, 0) is 4.74 Å². The van der Waals surface area contributed by atoms with Crippen molar-refractivity contribution in [2.75, 3.05) is 39.3 Å². The first-order valence-corrected chi connectivity index (χ1v) is 10.2. The van der Waals surface area contributed by atoms with Crippen LogP contribution in [-0.4, -0.2) is 85.4 Å². The molecule has 2 bridgehead atoms. The van der Waals surface area contributed by atoms with Gasteiger partial charge in [-0.05, 0) is 46.0 Å². The molecule has 0 aromatic carbocycles. The van der Waals surface area contributed by atoms with Crippen LogP contribution >= 0.6 is 0 Å². The molecule has 24 heavy (non-hydrogen) atoms. The maximum absolute atomic E-state index is 5.91. The first-order chi connectivity index (χ1) is 11.6. The van der Waals surface area contributed by atoms with Gasteiger partial charge in [-0.1, -0.05) is 0 Å². The summed E-state index contributed by atoms with van der Waals surface area (Å²) in [7, 11) is 0. The van der Waals surface area contributed by atoms with Crippen LogP contribution in [0.15, 0.2) is 0 Å². The third-order valence-electron chi connectivity index (χ3n) is 6.98. The van der Waals surface area contributed by atoms with Crippen molar-refractivity contribution in [3.8, 4) is 0 Å². The standard InChI is InChI=1S/C19H36N4O/c1-13(2)23-11-15-4-5-17(23)19(15)21-10-14(3)22-8-6-18-16(12-22)20-7-9-24-18/h13-21H,4-12H2,1-3H3. The van der Waals surface area contributed by atoms with E-state index in [9.17, 15) is 0 Å². The average molecular weight is 337 g/mol. The van der Waals surface area contributed by atoms with Crippen LogP contribution in [0.4, 0.5) is 0 Å². The van der Waals surface area contributed by atoms with Gasteiger partial charge in [0.05, 0.1) is 12.7 Å². The van der Waals surface area contributed by atoms with Gasteiger partial charge in [0.25, 0.3) is 0 Å². The number of fused-ring (bicyclic) bond motifs is 3. The van der Waals surface area contributed by atoms with Crippen molar-refractivity contribution in [2.24, 2.45) is 5.92 Å². The lowest BCUT2D eigenvalue weighted by Gasteiger charge is -2.44. The predicted octanol–water partition coefficient (Wildman–Crippen LogP) is 0.898. The first kappa shape index (κ1) is 17.2. The fourth-order valence-corrected chi connectivity index (χ4v) is 5.58. The van der Waals surface area contributed by atoms with Crippen LogP contribution in [0.3, 0.4) is 0 Å². The van der Waals surface area contributed by atoms with Gasteiger partial charge in [0.1, 0.15) is 0 Å². The lowest BCUT2D eigenvalue weighted by atomic mass is 9.99. The number of hydrogen-bond donors (Lipinski definition) is 2. The minimum atomic E-state index is 0.445. The van der Waals surface area contributed by atoms with Gasteiger partial charge in [-0.3, -0.25) is 9.80 Å². The lowest BCUT2D eigenvalue weighted by molar-refractivity contribution is -0.0493. The molecule has 0 amide bonds. The van der Waals surface area contributed by atoms with E-state index < -0.39 is 0 Å². The van der Waals surface area contributed by atoms with Crippen LogP contribution in [0.1, 0.15) is 40.0 Å². The fraction of sp³-hybridized carbons (Fsp3) is 1.00. The van der Waals surface area contributed by atoms with Crippen molar-refractivity contribution < 1.29 is 4.74 Å². The number of likely N-dealkylation sites (tertiary alicyclic amines) is 2. The Morgan fingerprint density at radius 3 is 2.83 bits per heavy atom. The zero-order valence-electron chi connectivity index (χ0n) is 15.7. The van der Waals surface area contributed by atoms with Crippen LogP contribution in [0.2, 0.25) is 0 Å². The SMILES string of the molecule is CC(CNC1C2CCC1N(C(C)C)C2)N1CCC2OCCNC2C1. The molecule has 1 aliphatic carbocycles. The van der Waals surface area contributed by atoms with Crippen LogP contribution in [0, 0.1) is 5.92 Å². The molecule has 3 heterocycles. The highest BCUT2D eigenvalue weighted by Crippen LogP contribution is 2.39. The molecule has 5 heteroatoms. The van der Waals surface area contributed by atoms with Gasteiger partial charge in [-0.15, -0.1) is 0 Å². The Bertz CT molecular complexity index is 432. The smallest absolute Gasteiger partial charge is 0.0753 e. The maximum Gasteiger partial charge on any atom is 0.0753 e. The molecule has 0 spiro atoms. The third-order valence-corrected chi connectivity index (χ3v) is 6.98. The van der Waals surface area contributed by atoms with Gasteiger partial charge >= 0.3 is 0 Å². The van der Waals surface area contributed by atoms with Crippen molar-refractivity contribution in [1.82, 2.24) is 20.4 Å². The number of morpholine rings is 1. The zero-order valence-corrected chi connectivity index (χ0v) is 15.7. The molecule has 1 saturated carbocycles. The molecule has 4 rings (SSSR count). The van der Waals surface area contributed by atoms with Crippen molar-refractivity contribution in [3.63, 3.8) is 0 Å². The molecule has 0 aromatic rings. The van der Waals surface area contributed by atoms with Gasteiger partial charge in [-0.2, -0.15) is 0 Å². The van der Waals surface area contributed by atoms with Crippen molar-refractivity contribution >= 4 is 0 Å². The summed E-state index contributed by atoms with van der Waals surface area (Å²) in [6.07, 6.45) is 4.44. The van der Waals surface area contributed by atoms with E-state index in [1.54, 1.807) is 0 Å². The molecular formula is C19H36N4O. The molecular weight excluding hydrogens is 300 g/mol. The number of hydrogen-bond acceptors (Lipinski definition) is 5. The van der Waals surface area contributed by atoms with E-state index in [1.165, 1.54) is 32.4 Å². The van der Waals surface area contributed by atoms with Gasteiger partial charge in [0, 0.05) is 62.9 Å². The summed E-state index contributed by atoms with van der Waals surface area (Å²) in [6.45, 7) is 13.8. The monoisotopic (exact) mass is 336 g/mol. The number of piperidine rings is 2. The van der Waals surface area contributed by atoms with E-state index >= 15 is 0 Å². The molecule has 6 atom stereocenters. The van der Waals surface area contributed by atoms with Crippen LogP contribution < -0.4 is 10.6 Å². The van der Waals surface area contributed by atoms with Crippen molar-refractivity contribution in [2.45, 2.75) is 76.3 Å². The normalized spacial score (nSPS) is 41.8. The molecule has 0 radical (unpaired) electrons. The molecule has 0 aromatic heterocycles. The van der Waals surface area contributed by atoms with E-state index in [-0.39, 0.29) is 0 Å². The lowest BCUT2D eigenvalue weighted by Crippen LogP contribution is -2.60. The number of rotatable bonds is 5. The van der Waals surface area contributed by atoms with Gasteiger partial charge in [0.2, 0.25) is 0 Å². The summed E-state index contributed by atoms with van der Waals surface area (Å²) in [5.41, 5.74) is 0. The summed E-state index contributed by atoms with van der Waals surface area (Å²) < 4.78 is 5.91. The van der Waals surface area contributed by atoms with Crippen LogP contribution in [0.5, 0.6) is 0 Å². The maximum atomic E-state index is 5.91. The Kier molecular flexibility index (Phi) is 5.17. The molecule has 3 saturated heterocycles. The number of nitrogens with one attached hydrogen (secondary N) is 2. The molecule has 3 aliphatic heterocycles. The summed E-state index contributed by atoms with van der Waals surface area (Å²) in [5, 5.41) is 7.61. The highest BCUT2D eigenvalue weighted by molar-refractivity contribution is 5.04. The molecule has 4 aliphatic rings. The Balaban J connectivity index is 1.27. The second kappa shape index (κ2) is 7.20. The highest BCUT2D eigenvalue weighted by Gasteiger charge is 2.47. The minimum Gasteiger partial charge on any atom is -0.375 e. The van der Waals surface area contributed by atoms with Crippen molar-refractivity contribution in [3.05, 3.63) is 0 Å². The van der Waals surface area contributed by atoms with E-state index in [0.29, 0.717) is 24.2 Å². The second-order valence-corrected chi connectivity index (χ2v) is 8.73. The molecule has 2 N–H and O–H groups in total. The number of nitrogens with zero attached hydrogens (tertiary/aromatic N) is 2. The second-order valence-electron chi connectivity index (χ2n) is 8.73. The van der Waals surface area contributed by atoms with Gasteiger partial charge in [-0.25, -0.2) is 0 Å². The molecule has 138 valence electrons. The van der Waals surface area contributed by atoms with Gasteiger partial charge in [0.15, 0.2) is 0 Å². The Labute approximate surface area is 147 Å². The van der Waals surface area contributed by atoms with E-state index in [0.717, 1.165) is 44.2 Å². The average Bonchev–Trinajstić information content (AvgIpc) is 3.16. The molecule has 4 fully saturated rings. The topological polar surface area (TPSA) is 39.8 Å². The highest BCUT2D eigenvalue weighted by atomic mass is 16.5. The summed E-state index contributed by atoms with van der Waals surface area (Å²) in [4.78, 5) is 5.39. The van der Waals surface area contributed by atoms with E-state index in [1.807, 2.05) is 0 Å². The van der Waals surface area contributed by atoms with E-state index in [2.05, 4.69) is 41.2 Å². The third kappa shape index (κ3) is 3.26. The number of ether oxygens (including phenoxy) is 1. The Morgan fingerprint density at radius 2 is 2.04 bits per heavy atom. The Hall–Kier alpha value is -0.200. The largest absolute Gasteiger partial charge is 0.375 e. The van der Waals surface area contributed by atoms with Crippen molar-refractivity contribution in [1.29, 1.82) is 0 Å². The molecule has 6 unspecified atom stereocenters. The van der Waals surface area contributed by atoms with Crippen LogP contribution in [0.25, 0.3) is 0 Å². The summed E-state index contributed by atoms with van der Waals surface area (Å²) in [6, 6.07) is 3.35. The van der Waals surface area contributed by atoms with Gasteiger partial charge < -0.3 is 15.4 Å². The quantitative estimate of drug-likeness (QED) is 0.781. The zero-order chi connectivity index (χ0) is 16.7. The first-order valence-electron chi connectivity index (χ1n) is 10.2. The summed E-state index contributed by atoms with van der Waals surface area (Å²) >= 11 is 0. The fourth-order valence-electron chi connectivity index (χ4n) is 5.58. The molecule has 5 nitrogen and oxygen atoms in total. The minimum absolute atomic E-state index is 0.445. The summed E-state index contributed by atoms with van der Waals surface area (Å²) in [5.74, 6) is 0.878. The van der Waals surface area contributed by atoms with E-state index in [4.69, 9.17) is 4.74 Å². The predicted molar refractivity (Wildman–Crippen MR) is 97.3 cm³/mol.